The van der Waals surface area contributed by atoms with Crippen LogP contribution in [-0.2, 0) is 0 Å². The van der Waals surface area contributed by atoms with E-state index in [4.69, 9.17) is 0 Å². The number of rotatable bonds is 4. The van der Waals surface area contributed by atoms with Crippen molar-refractivity contribution >= 4 is 39.0 Å². The lowest BCUT2D eigenvalue weighted by Crippen LogP contribution is -2.39. The van der Waals surface area contributed by atoms with Crippen molar-refractivity contribution in [1.82, 2.24) is 4.98 Å². The largest absolute Gasteiger partial charge is 0.356 e. The Bertz CT molecular complexity index is 1070. The molecule has 32 heavy (non-hydrogen) atoms. The van der Waals surface area contributed by atoms with Crippen LogP contribution >= 0.6 is 15.9 Å². The highest BCUT2D eigenvalue weighted by atomic mass is 79.9. The van der Waals surface area contributed by atoms with Crippen molar-refractivity contribution in [3.8, 4) is 0 Å². The van der Waals surface area contributed by atoms with Crippen LogP contribution < -0.4 is 10.2 Å². The Kier molecular flexibility index (Phi) is 5.56. The molecule has 7 heteroatoms. The number of allylic oxidation sites excluding steroid dienone is 2. The average Bonchev–Trinajstić information content (AvgIpc) is 3.53. The molecule has 168 valence electrons. The molecule has 3 aliphatic rings. The molecule has 0 atom stereocenters. The number of piperidine rings is 1. The van der Waals surface area contributed by atoms with Gasteiger partial charge in [-0.3, -0.25) is 4.79 Å². The Morgan fingerprint density at radius 3 is 2.53 bits per heavy atom. The van der Waals surface area contributed by atoms with Gasteiger partial charge in [0.25, 0.3) is 11.8 Å². The summed E-state index contributed by atoms with van der Waals surface area (Å²) in [6.07, 6.45) is 7.86. The second kappa shape index (κ2) is 8.25. The molecule has 5 rings (SSSR count). The number of alkyl halides is 2. The first-order chi connectivity index (χ1) is 15.3. The smallest absolute Gasteiger partial charge is 0.257 e. The van der Waals surface area contributed by atoms with E-state index in [1.807, 2.05) is 23.1 Å². The van der Waals surface area contributed by atoms with Crippen LogP contribution in [0.15, 0.2) is 46.9 Å². The summed E-state index contributed by atoms with van der Waals surface area (Å²) < 4.78 is 27.9. The molecule has 2 heterocycles. The zero-order chi connectivity index (χ0) is 22.3. The molecule has 0 radical (unpaired) electrons. The monoisotopic (exact) mass is 501 g/mol. The summed E-state index contributed by atoms with van der Waals surface area (Å²) in [6, 6.07) is 11.1. The van der Waals surface area contributed by atoms with E-state index in [2.05, 4.69) is 32.3 Å². The van der Waals surface area contributed by atoms with Gasteiger partial charge in [0, 0.05) is 36.0 Å². The Morgan fingerprint density at radius 1 is 1.06 bits per heavy atom. The van der Waals surface area contributed by atoms with Gasteiger partial charge in [-0.2, -0.15) is 0 Å². The van der Waals surface area contributed by atoms with Gasteiger partial charge in [-0.25, -0.2) is 13.8 Å². The Balaban J connectivity index is 1.34. The van der Waals surface area contributed by atoms with Crippen LogP contribution in [0, 0.1) is 5.41 Å². The summed E-state index contributed by atoms with van der Waals surface area (Å²) in [7, 11) is 0. The van der Waals surface area contributed by atoms with Crippen molar-refractivity contribution in [2.45, 2.75) is 50.9 Å². The zero-order valence-electron chi connectivity index (χ0n) is 17.8. The summed E-state index contributed by atoms with van der Waals surface area (Å²) in [5, 5.41) is 2.91. The molecule has 0 unspecified atom stereocenters. The Labute approximate surface area is 195 Å². The number of nitrogens with one attached hydrogen (secondary N) is 1. The number of anilines is 2. The standard InChI is InChI=1S/C25H26BrF2N3O/c26-18-4-5-19(20(16-18)17-6-8-24(9-7-17)10-11-24)23(32)30-21-2-1-3-22(29-21)31-14-12-25(27,28)13-15-31/h1-6,16H,7-15H2,(H,29,30,32). The van der Waals surface area contributed by atoms with Gasteiger partial charge in [-0.05, 0) is 79.0 Å². The van der Waals surface area contributed by atoms with Crippen LogP contribution in [0.5, 0.6) is 0 Å². The predicted molar refractivity (Wildman–Crippen MR) is 126 cm³/mol. The summed E-state index contributed by atoms with van der Waals surface area (Å²) in [6.45, 7) is 0.508. The predicted octanol–water partition coefficient (Wildman–Crippen LogP) is 6.68. The highest BCUT2D eigenvalue weighted by molar-refractivity contribution is 9.10. The molecule has 0 bridgehead atoms. The van der Waals surface area contributed by atoms with Crippen molar-refractivity contribution in [1.29, 1.82) is 0 Å². The number of aromatic nitrogens is 1. The number of benzene rings is 1. The van der Waals surface area contributed by atoms with Gasteiger partial charge < -0.3 is 10.2 Å². The average molecular weight is 502 g/mol. The van der Waals surface area contributed by atoms with E-state index in [0.717, 1.165) is 22.9 Å². The number of nitrogens with zero attached hydrogens (tertiary/aromatic N) is 2. The van der Waals surface area contributed by atoms with Gasteiger partial charge in [0.2, 0.25) is 0 Å². The van der Waals surface area contributed by atoms with Gasteiger partial charge in [-0.15, -0.1) is 0 Å². The second-order valence-electron chi connectivity index (χ2n) is 9.30. The lowest BCUT2D eigenvalue weighted by molar-refractivity contribution is -0.0221. The van der Waals surface area contributed by atoms with Crippen molar-refractivity contribution < 1.29 is 13.6 Å². The van der Waals surface area contributed by atoms with Gasteiger partial charge in [-0.1, -0.05) is 28.1 Å². The maximum atomic E-state index is 13.5. The normalized spacial score (nSPS) is 21.2. The number of hydrogen-bond donors (Lipinski definition) is 1. The van der Waals surface area contributed by atoms with Crippen molar-refractivity contribution in [2.75, 3.05) is 23.3 Å². The van der Waals surface area contributed by atoms with E-state index >= 15 is 0 Å². The first-order valence-electron chi connectivity index (χ1n) is 11.2. The number of hydrogen-bond acceptors (Lipinski definition) is 3. The molecule has 1 aromatic carbocycles. The summed E-state index contributed by atoms with van der Waals surface area (Å²) >= 11 is 3.55. The van der Waals surface area contributed by atoms with Crippen LogP contribution in [0.1, 0.15) is 60.9 Å². The molecule has 1 aromatic heterocycles. The molecule has 1 spiro atoms. The molecule has 2 fully saturated rings. The van der Waals surface area contributed by atoms with Crippen LogP contribution in [0.4, 0.5) is 20.4 Å². The van der Waals surface area contributed by atoms with Crippen molar-refractivity contribution in [3.05, 3.63) is 58.1 Å². The summed E-state index contributed by atoms with van der Waals surface area (Å²) in [5.41, 5.74) is 3.34. The maximum absolute atomic E-state index is 13.5. The molecule has 1 N–H and O–H groups in total. The Hall–Kier alpha value is -2.28. The first-order valence-corrected chi connectivity index (χ1v) is 12.0. The third-order valence-corrected chi connectivity index (χ3v) is 7.52. The third-order valence-electron chi connectivity index (χ3n) is 7.03. The van der Waals surface area contributed by atoms with E-state index in [-0.39, 0.29) is 31.8 Å². The molecule has 4 nitrogen and oxygen atoms in total. The van der Waals surface area contributed by atoms with E-state index in [1.54, 1.807) is 18.2 Å². The lowest BCUT2D eigenvalue weighted by atomic mass is 9.83. The SMILES string of the molecule is O=C(Nc1cccc(N2CCC(F)(F)CC2)n1)c1ccc(Br)cc1C1=CCC2(CC1)CC2. The molecular weight excluding hydrogens is 476 g/mol. The first kappa shape index (κ1) is 21.6. The lowest BCUT2D eigenvalue weighted by Gasteiger charge is -2.32. The minimum atomic E-state index is -2.60. The topological polar surface area (TPSA) is 45.2 Å². The van der Waals surface area contributed by atoms with Crippen LogP contribution in [-0.4, -0.2) is 29.9 Å². The fraction of sp³-hybridized carbons (Fsp3) is 0.440. The fourth-order valence-corrected chi connectivity index (χ4v) is 5.08. The summed E-state index contributed by atoms with van der Waals surface area (Å²) in [4.78, 5) is 19.6. The number of amides is 1. The zero-order valence-corrected chi connectivity index (χ0v) is 19.4. The minimum Gasteiger partial charge on any atom is -0.356 e. The highest BCUT2D eigenvalue weighted by Gasteiger charge is 2.43. The van der Waals surface area contributed by atoms with E-state index in [1.165, 1.54) is 24.8 Å². The number of halogens is 3. The van der Waals surface area contributed by atoms with Gasteiger partial charge in [0.15, 0.2) is 0 Å². The van der Waals surface area contributed by atoms with E-state index in [0.29, 0.717) is 22.6 Å². The minimum absolute atomic E-state index is 0.177. The number of carbonyl (C=O) groups is 1. The van der Waals surface area contributed by atoms with Crippen LogP contribution in [0.2, 0.25) is 0 Å². The molecular formula is C25H26BrF2N3O. The summed E-state index contributed by atoms with van der Waals surface area (Å²) in [5.74, 6) is -1.78. The molecule has 2 aromatic rings. The van der Waals surface area contributed by atoms with E-state index < -0.39 is 5.92 Å². The molecule has 1 aliphatic heterocycles. The third kappa shape index (κ3) is 4.58. The maximum Gasteiger partial charge on any atom is 0.257 e. The van der Waals surface area contributed by atoms with Gasteiger partial charge in [0.05, 0.1) is 0 Å². The molecule has 1 saturated carbocycles. The highest BCUT2D eigenvalue weighted by Crippen LogP contribution is 2.56. The molecule has 1 saturated heterocycles. The number of carbonyl (C=O) groups excluding carboxylic acids is 1. The van der Waals surface area contributed by atoms with Crippen LogP contribution in [0.3, 0.4) is 0 Å². The Morgan fingerprint density at radius 2 is 1.84 bits per heavy atom. The van der Waals surface area contributed by atoms with Crippen molar-refractivity contribution in [3.63, 3.8) is 0 Å². The van der Waals surface area contributed by atoms with Crippen molar-refractivity contribution in [2.24, 2.45) is 5.41 Å². The molecule has 2 aliphatic carbocycles. The number of pyridine rings is 1. The van der Waals surface area contributed by atoms with Gasteiger partial charge in [0.1, 0.15) is 11.6 Å². The quantitative estimate of drug-likeness (QED) is 0.508. The fourth-order valence-electron chi connectivity index (χ4n) is 4.71. The second-order valence-corrected chi connectivity index (χ2v) is 10.2. The van der Waals surface area contributed by atoms with Crippen LogP contribution in [0.25, 0.3) is 5.57 Å². The van der Waals surface area contributed by atoms with E-state index in [9.17, 15) is 13.6 Å². The molecule has 1 amide bonds. The van der Waals surface area contributed by atoms with Gasteiger partial charge >= 0.3 is 0 Å².